The molecule has 336 valence electrons. The van der Waals surface area contributed by atoms with E-state index in [1.807, 2.05) is 27.7 Å². The van der Waals surface area contributed by atoms with Crippen molar-refractivity contribution in [3.8, 4) is 0 Å². The minimum atomic E-state index is 0. The van der Waals surface area contributed by atoms with Crippen molar-refractivity contribution in [1.82, 2.24) is 9.97 Å². The number of aliphatic hydroxyl groups excluding tert-OH is 2. The number of rotatable bonds is 0. The van der Waals surface area contributed by atoms with Crippen molar-refractivity contribution in [1.29, 1.82) is 0 Å². The molecular weight excluding hydrogens is 1210 g/mol. The van der Waals surface area contributed by atoms with Gasteiger partial charge in [0.15, 0.2) is 0 Å². The molecule has 2 heterocycles. The van der Waals surface area contributed by atoms with E-state index >= 15 is 0 Å². The Bertz CT molecular complexity index is 562. The van der Waals surface area contributed by atoms with E-state index in [9.17, 15) is 0 Å². The van der Waals surface area contributed by atoms with Gasteiger partial charge in [0, 0.05) is 167 Å². The van der Waals surface area contributed by atoms with E-state index in [2.05, 4.69) is 47.6 Å². The molecule has 0 unspecified atom stereocenters. The molecule has 25 nitrogen and oxygen atoms in total. The van der Waals surface area contributed by atoms with E-state index in [-0.39, 0.29) is 244 Å². The first-order valence-electron chi connectivity index (χ1n) is 8.94. The predicted molar refractivity (Wildman–Crippen MR) is 118 cm³/mol. The van der Waals surface area contributed by atoms with Crippen LogP contribution in [0.15, 0.2) is 0 Å². The molecule has 0 spiro atoms. The van der Waals surface area contributed by atoms with Crippen LogP contribution < -0.4 is 9.97 Å². The molecule has 2 aromatic rings. The maximum atomic E-state index is 7.57. The fourth-order valence-corrected chi connectivity index (χ4v) is 1.76. The number of nitrogens with one attached hydrogen (secondary N) is 2. The Balaban J connectivity index is -0.00000000548. The van der Waals surface area contributed by atoms with Gasteiger partial charge in [0.05, 0.1) is 22.8 Å². The molecule has 0 radical (unpaired) electrons. The second kappa shape index (κ2) is 132. The topological polar surface area (TPSA) is 636 Å². The second-order valence-electron chi connectivity index (χ2n) is 5.95. The molecule has 2 rings (SSSR count). The van der Waals surface area contributed by atoms with Gasteiger partial charge < -0.3 is 114 Å². The zero-order chi connectivity index (χ0) is 20.9. The van der Waals surface area contributed by atoms with Crippen LogP contribution in [0.1, 0.15) is 59.4 Å². The number of nitrogens with zero attached hydrogens (tertiary/aromatic N) is 2. The maximum Gasteiger partial charge on any atom is 0.243 e. The minimum absolute atomic E-state index is 0. The summed E-state index contributed by atoms with van der Waals surface area (Å²) in [5.41, 5.74) is 8.97. The summed E-state index contributed by atoms with van der Waals surface area (Å²) in [7, 11) is 0. The van der Waals surface area contributed by atoms with Crippen molar-refractivity contribution in [3.05, 3.63) is 45.6 Å². The van der Waals surface area contributed by atoms with Gasteiger partial charge in [0.2, 0.25) is 22.8 Å². The van der Waals surface area contributed by atoms with Gasteiger partial charge in [0.1, 0.15) is 0 Å². The first-order valence-corrected chi connectivity index (χ1v) is 8.94. The number of aliphatic hydroxyl groups is 2. The first kappa shape index (κ1) is 214. The quantitative estimate of drug-likeness (QED) is 0.344. The fraction of sp³-hybridized carbons (Fsp3) is 0.600. The molecule has 51 heavy (non-hydrogen) atoms. The summed E-state index contributed by atoms with van der Waals surface area (Å²) >= 11 is 0. The minimum Gasteiger partial charge on any atom is -2.00 e. The van der Waals surface area contributed by atoms with Crippen LogP contribution in [-0.2, 0) is 230 Å². The molecule has 0 saturated carbocycles. The average Bonchev–Trinajstić information content (AvgIpc) is 2.53. The Labute approximate surface area is 385 Å². The number of hydrogen-bond donors (Lipinski definition) is 2. The van der Waals surface area contributed by atoms with Gasteiger partial charge in [-0.3, -0.25) is 9.97 Å². The summed E-state index contributed by atoms with van der Waals surface area (Å²) in [6.07, 6.45) is 0. The normalized spacial score (nSPS) is 4.63. The van der Waals surface area contributed by atoms with Gasteiger partial charge >= 0.3 is 0 Å². The van der Waals surface area contributed by atoms with E-state index in [1.165, 1.54) is 22.8 Å². The van der Waals surface area contributed by atoms with Crippen LogP contribution in [0.25, 0.3) is 0 Å². The smallest absolute Gasteiger partial charge is 0.243 e. The van der Waals surface area contributed by atoms with E-state index in [1.54, 1.807) is 13.8 Å². The van der Waals surface area contributed by atoms with Gasteiger partial charge in [-0.1, -0.05) is 0 Å². The molecule has 4 N–H and O–H groups in total. The summed E-state index contributed by atoms with van der Waals surface area (Å²) in [6, 6.07) is 0. The molecule has 0 fully saturated rings. The molecule has 2 aromatic heterocycles. The Hall–Kier alpha value is 1.45. The van der Waals surface area contributed by atoms with Gasteiger partial charge in [-0.15, -0.1) is 0 Å². The van der Waals surface area contributed by atoms with E-state index < -0.39 is 0 Å². The van der Waals surface area contributed by atoms with Crippen LogP contribution in [0, 0.1) is 55.4 Å². The van der Waals surface area contributed by atoms with Crippen LogP contribution >= 0.6 is 0 Å². The molecular formula is C20H38Mo6N4O21-36. The van der Waals surface area contributed by atoms with E-state index in [4.69, 9.17) is 10.2 Å². The molecule has 0 saturated heterocycles. The zero-order valence-corrected chi connectivity index (χ0v) is 40.5. The largest absolute Gasteiger partial charge is 2.00 e. The van der Waals surface area contributed by atoms with Crippen LogP contribution in [0.3, 0.4) is 0 Å². The molecule has 0 aliphatic heterocycles. The summed E-state index contributed by atoms with van der Waals surface area (Å²) < 4.78 is 0. The standard InChI is InChI=1S/2C8H12N2.2C2H6O.6Mo.19O/c2*1-5-6(2)10-8(4)7(3)9-5;2*1-2-3;;;;;;;;;;;;;;;;;;;;;;;;;/h2*1-4H3;2*3H,2H2,1H3;;;;;;;;;;;;;;;;;;;;;;;;;/q;;;;;;;;;;19*-2/p+2. The van der Waals surface area contributed by atoms with Crippen molar-refractivity contribution in [2.45, 2.75) is 69.2 Å². The van der Waals surface area contributed by atoms with E-state index in [0.717, 1.165) is 22.8 Å². The third-order valence-corrected chi connectivity index (χ3v) is 3.59. The molecule has 31 heteroatoms. The van der Waals surface area contributed by atoms with Crippen LogP contribution in [0.4, 0.5) is 0 Å². The van der Waals surface area contributed by atoms with Crippen LogP contribution in [0.5, 0.6) is 0 Å². The zero-order valence-electron chi connectivity index (χ0n) is 28.4. The Kier molecular flexibility index (Phi) is 556. The number of hydrogen-bond acceptors (Lipinski definition) is 4. The summed E-state index contributed by atoms with van der Waals surface area (Å²) in [5.74, 6) is 0. The van der Waals surface area contributed by atoms with Crippen LogP contribution in [0.2, 0.25) is 0 Å². The van der Waals surface area contributed by atoms with Crippen molar-refractivity contribution < 1.29 is 251 Å². The number of aromatic amines is 2. The van der Waals surface area contributed by atoms with Crippen LogP contribution in [-0.4, -0.2) is 33.4 Å². The number of H-pyrrole nitrogens is 2. The maximum absolute atomic E-state index is 7.57. The average molecular weight is 1250 g/mol. The van der Waals surface area contributed by atoms with E-state index in [0.29, 0.717) is 0 Å². The third-order valence-electron chi connectivity index (χ3n) is 3.59. The molecule has 0 aliphatic carbocycles. The van der Waals surface area contributed by atoms with Crippen molar-refractivity contribution >= 4 is 0 Å². The summed E-state index contributed by atoms with van der Waals surface area (Å²) in [5, 5.41) is 15.1. The molecule has 0 aromatic carbocycles. The predicted octanol–water partition coefficient (Wildman–Crippen LogP) is -0.0162. The molecule has 0 aliphatic rings. The van der Waals surface area contributed by atoms with Gasteiger partial charge in [0.25, 0.3) is 0 Å². The molecule has 0 bridgehead atoms. The Morgan fingerprint density at radius 3 is 0.471 bits per heavy atom. The summed E-state index contributed by atoms with van der Waals surface area (Å²) in [6.45, 7) is 20.1. The first-order chi connectivity index (χ1) is 12.0. The molecule has 0 atom stereocenters. The number of aromatic nitrogens is 4. The number of aryl methyl sites for hydroxylation is 8. The Morgan fingerprint density at radius 2 is 0.392 bits per heavy atom. The van der Waals surface area contributed by atoms with Crippen molar-refractivity contribution in [3.63, 3.8) is 0 Å². The van der Waals surface area contributed by atoms with Gasteiger partial charge in [-0.05, 0) is 41.5 Å². The molecule has 0 amide bonds. The fourth-order valence-electron chi connectivity index (χ4n) is 1.76. The third kappa shape index (κ3) is 112. The Morgan fingerprint density at radius 1 is 0.314 bits per heavy atom. The summed E-state index contributed by atoms with van der Waals surface area (Å²) in [4.78, 5) is 15.2. The van der Waals surface area contributed by atoms with Crippen molar-refractivity contribution in [2.75, 3.05) is 13.2 Å². The van der Waals surface area contributed by atoms with Gasteiger partial charge in [-0.25, -0.2) is 9.97 Å². The van der Waals surface area contributed by atoms with Gasteiger partial charge in [-0.2, -0.15) is 0 Å². The van der Waals surface area contributed by atoms with Crippen molar-refractivity contribution in [2.24, 2.45) is 0 Å². The SMILES string of the molecule is CCO.CCO.Cc1[nH+]c(C)c(C)[nH+]c1C.Cc1nc(C)c(C)nc1C.[Mo].[Mo].[Mo].[Mo].[Mo].[Mo].[O-2].[O-2].[O-2].[O-2].[O-2].[O-2].[O-2].[O-2].[O-2].[O-2].[O-2].[O-2].[O-2].[O-2].[O-2].[O-2].[O-2].[O-2].[O-2]. The second-order valence-corrected chi connectivity index (χ2v) is 5.95. The monoisotopic (exact) mass is 1260 g/mol.